The SMILES string of the molecule is CCS(=O)(=O)N1C[C@@H](C(=O)Nc2cc(Cl)ccc2OC)Oc2ccccc21. The lowest BCUT2D eigenvalue weighted by Gasteiger charge is -2.34. The van der Waals surface area contributed by atoms with E-state index in [9.17, 15) is 13.2 Å². The topological polar surface area (TPSA) is 84.9 Å². The number of hydrogen-bond donors (Lipinski definition) is 1. The number of methoxy groups -OCH3 is 1. The summed E-state index contributed by atoms with van der Waals surface area (Å²) in [6.45, 7) is 1.43. The summed E-state index contributed by atoms with van der Waals surface area (Å²) in [5.41, 5.74) is 0.797. The second-order valence-electron chi connectivity index (χ2n) is 5.84. The van der Waals surface area contributed by atoms with Crippen molar-refractivity contribution >= 4 is 38.9 Å². The average Bonchev–Trinajstić information content (AvgIpc) is 2.67. The molecule has 2 aromatic rings. The van der Waals surface area contributed by atoms with E-state index >= 15 is 0 Å². The number of hydrogen-bond acceptors (Lipinski definition) is 5. The van der Waals surface area contributed by atoms with Crippen LogP contribution in [-0.2, 0) is 14.8 Å². The van der Waals surface area contributed by atoms with Crippen molar-refractivity contribution in [3.05, 3.63) is 47.5 Å². The number of benzene rings is 2. The van der Waals surface area contributed by atoms with Gasteiger partial charge in [0.25, 0.3) is 5.91 Å². The first kappa shape index (κ1) is 19.3. The third-order valence-corrected chi connectivity index (χ3v) is 6.13. The molecular formula is C18H19ClN2O5S. The molecule has 27 heavy (non-hydrogen) atoms. The largest absolute Gasteiger partial charge is 0.495 e. The highest BCUT2D eigenvalue weighted by molar-refractivity contribution is 7.92. The van der Waals surface area contributed by atoms with Crippen LogP contribution >= 0.6 is 11.6 Å². The fourth-order valence-electron chi connectivity index (χ4n) is 2.75. The van der Waals surface area contributed by atoms with E-state index in [1.807, 2.05) is 0 Å². The second kappa shape index (κ2) is 7.66. The number of halogens is 1. The summed E-state index contributed by atoms with van der Waals surface area (Å²) in [4.78, 5) is 12.8. The minimum Gasteiger partial charge on any atom is -0.495 e. The van der Waals surface area contributed by atoms with Crippen LogP contribution in [0, 0.1) is 0 Å². The van der Waals surface area contributed by atoms with Gasteiger partial charge in [0.1, 0.15) is 11.5 Å². The molecule has 1 aliphatic heterocycles. The predicted octanol–water partition coefficient (Wildman–Crippen LogP) is 2.90. The van der Waals surface area contributed by atoms with Gasteiger partial charge in [-0.05, 0) is 37.3 Å². The molecule has 0 spiro atoms. The lowest BCUT2D eigenvalue weighted by atomic mass is 10.2. The van der Waals surface area contributed by atoms with Crippen LogP contribution in [0.25, 0.3) is 0 Å². The van der Waals surface area contributed by atoms with Crippen molar-refractivity contribution in [3.63, 3.8) is 0 Å². The first-order chi connectivity index (χ1) is 12.9. The number of para-hydroxylation sites is 2. The average molecular weight is 411 g/mol. The van der Waals surface area contributed by atoms with Crippen LogP contribution in [0.15, 0.2) is 42.5 Å². The Hall–Kier alpha value is -2.45. The minimum atomic E-state index is -3.57. The second-order valence-corrected chi connectivity index (χ2v) is 8.46. The summed E-state index contributed by atoms with van der Waals surface area (Å²) in [6, 6.07) is 11.5. The zero-order chi connectivity index (χ0) is 19.6. The van der Waals surface area contributed by atoms with Crippen molar-refractivity contribution < 1.29 is 22.7 Å². The van der Waals surface area contributed by atoms with Crippen molar-refractivity contribution in [1.82, 2.24) is 0 Å². The number of ether oxygens (including phenoxy) is 2. The molecule has 9 heteroatoms. The molecule has 0 bridgehead atoms. The number of nitrogens with one attached hydrogen (secondary N) is 1. The molecule has 0 radical (unpaired) electrons. The Morgan fingerprint density at radius 1 is 1.33 bits per heavy atom. The van der Waals surface area contributed by atoms with E-state index in [0.29, 0.717) is 27.9 Å². The lowest BCUT2D eigenvalue weighted by Crippen LogP contribution is -2.49. The minimum absolute atomic E-state index is 0.0855. The molecule has 0 fully saturated rings. The van der Waals surface area contributed by atoms with Gasteiger partial charge in [0, 0.05) is 5.02 Å². The van der Waals surface area contributed by atoms with E-state index in [1.165, 1.54) is 11.4 Å². The van der Waals surface area contributed by atoms with Crippen LogP contribution in [0.3, 0.4) is 0 Å². The van der Waals surface area contributed by atoms with Gasteiger partial charge in [-0.2, -0.15) is 0 Å². The summed E-state index contributed by atoms with van der Waals surface area (Å²) < 4.78 is 37.2. The van der Waals surface area contributed by atoms with Crippen LogP contribution < -0.4 is 19.1 Å². The van der Waals surface area contributed by atoms with Crippen LogP contribution in [0.1, 0.15) is 6.92 Å². The van der Waals surface area contributed by atoms with E-state index in [0.717, 1.165) is 0 Å². The van der Waals surface area contributed by atoms with E-state index in [2.05, 4.69) is 5.32 Å². The number of rotatable bonds is 5. The Kier molecular flexibility index (Phi) is 5.48. The summed E-state index contributed by atoms with van der Waals surface area (Å²) >= 11 is 5.99. The molecule has 1 amide bonds. The highest BCUT2D eigenvalue weighted by atomic mass is 35.5. The Labute approximate surface area is 162 Å². The molecule has 1 N–H and O–H groups in total. The zero-order valence-electron chi connectivity index (χ0n) is 14.8. The van der Waals surface area contributed by atoms with Crippen molar-refractivity contribution in [2.24, 2.45) is 0 Å². The molecule has 2 aromatic carbocycles. The molecule has 1 atom stereocenters. The number of carbonyl (C=O) groups excluding carboxylic acids is 1. The number of amides is 1. The molecule has 144 valence electrons. The maximum atomic E-state index is 12.8. The van der Waals surface area contributed by atoms with E-state index < -0.39 is 22.0 Å². The summed E-state index contributed by atoms with van der Waals surface area (Å²) in [5, 5.41) is 3.12. The van der Waals surface area contributed by atoms with E-state index in [-0.39, 0.29) is 12.3 Å². The normalized spacial score (nSPS) is 16.3. The Morgan fingerprint density at radius 3 is 2.78 bits per heavy atom. The smallest absolute Gasteiger partial charge is 0.267 e. The van der Waals surface area contributed by atoms with Gasteiger partial charge in [0.2, 0.25) is 10.0 Å². The number of carbonyl (C=O) groups is 1. The van der Waals surface area contributed by atoms with Gasteiger partial charge in [0.05, 0.1) is 30.8 Å². The summed E-state index contributed by atoms with van der Waals surface area (Å²) in [5.74, 6) is 0.181. The highest BCUT2D eigenvalue weighted by Gasteiger charge is 2.36. The van der Waals surface area contributed by atoms with Gasteiger partial charge in [-0.1, -0.05) is 23.7 Å². The Morgan fingerprint density at radius 2 is 2.07 bits per heavy atom. The number of anilines is 2. The standard InChI is InChI=1S/C18H19ClN2O5S/c1-3-27(23,24)21-11-17(26-16-7-5-4-6-14(16)21)18(22)20-13-10-12(19)8-9-15(13)25-2/h4-10,17H,3,11H2,1-2H3,(H,20,22)/t17-/m0/s1. The molecule has 0 aliphatic carbocycles. The third-order valence-electron chi connectivity index (χ3n) is 4.15. The number of nitrogens with zero attached hydrogens (tertiary/aromatic N) is 1. The maximum Gasteiger partial charge on any atom is 0.267 e. The van der Waals surface area contributed by atoms with E-state index in [4.69, 9.17) is 21.1 Å². The monoisotopic (exact) mass is 410 g/mol. The molecule has 0 saturated carbocycles. The molecule has 0 saturated heterocycles. The highest BCUT2D eigenvalue weighted by Crippen LogP contribution is 2.35. The molecule has 0 aromatic heterocycles. The van der Waals surface area contributed by atoms with Crippen LogP contribution in [0.5, 0.6) is 11.5 Å². The van der Waals surface area contributed by atoms with Gasteiger partial charge in [0.15, 0.2) is 6.10 Å². The lowest BCUT2D eigenvalue weighted by molar-refractivity contribution is -0.122. The zero-order valence-corrected chi connectivity index (χ0v) is 16.4. The molecule has 1 aliphatic rings. The summed E-state index contributed by atoms with van der Waals surface area (Å²) in [7, 11) is -2.09. The predicted molar refractivity (Wildman–Crippen MR) is 104 cm³/mol. The van der Waals surface area contributed by atoms with Gasteiger partial charge in [-0.3, -0.25) is 9.10 Å². The molecule has 3 rings (SSSR count). The fraction of sp³-hybridized carbons (Fsp3) is 0.278. The first-order valence-electron chi connectivity index (χ1n) is 8.26. The first-order valence-corrected chi connectivity index (χ1v) is 10.2. The number of sulfonamides is 1. The van der Waals surface area contributed by atoms with Crippen molar-refractivity contribution in [3.8, 4) is 11.5 Å². The Balaban J connectivity index is 1.90. The molecule has 0 unspecified atom stereocenters. The third kappa shape index (κ3) is 3.96. The van der Waals surface area contributed by atoms with E-state index in [1.54, 1.807) is 49.4 Å². The molecular weight excluding hydrogens is 392 g/mol. The van der Waals surface area contributed by atoms with Crippen LogP contribution in [-0.4, -0.2) is 39.8 Å². The van der Waals surface area contributed by atoms with Gasteiger partial charge >= 0.3 is 0 Å². The molecule has 7 nitrogen and oxygen atoms in total. The van der Waals surface area contributed by atoms with Gasteiger partial charge in [-0.15, -0.1) is 0 Å². The van der Waals surface area contributed by atoms with Gasteiger partial charge < -0.3 is 14.8 Å². The maximum absolute atomic E-state index is 12.8. The quantitative estimate of drug-likeness (QED) is 0.819. The van der Waals surface area contributed by atoms with Crippen LogP contribution in [0.4, 0.5) is 11.4 Å². The van der Waals surface area contributed by atoms with Crippen molar-refractivity contribution in [2.75, 3.05) is 29.0 Å². The Bertz CT molecular complexity index is 964. The number of fused-ring (bicyclic) bond motifs is 1. The van der Waals surface area contributed by atoms with Crippen molar-refractivity contribution in [2.45, 2.75) is 13.0 Å². The van der Waals surface area contributed by atoms with Gasteiger partial charge in [-0.25, -0.2) is 8.42 Å². The van der Waals surface area contributed by atoms with Crippen molar-refractivity contribution in [1.29, 1.82) is 0 Å². The summed E-state index contributed by atoms with van der Waals surface area (Å²) in [6.07, 6.45) is -1.02. The fourth-order valence-corrected chi connectivity index (χ4v) is 4.05. The van der Waals surface area contributed by atoms with Crippen LogP contribution in [0.2, 0.25) is 5.02 Å². The molecule has 1 heterocycles.